The largest absolute Gasteiger partial charge is 0.243 e. The van der Waals surface area contributed by atoms with E-state index >= 15 is 0 Å². The second kappa shape index (κ2) is 6.41. The average Bonchev–Trinajstić information content (AvgIpc) is 2.34. The van der Waals surface area contributed by atoms with Crippen LogP contribution in [0.2, 0.25) is 0 Å². The molecule has 1 atom stereocenters. The fourth-order valence-electron chi connectivity index (χ4n) is 1.47. The first-order valence-corrected chi connectivity index (χ1v) is 9.82. The lowest BCUT2D eigenvalue weighted by Gasteiger charge is -2.16. The zero-order valence-electron chi connectivity index (χ0n) is 12.4. The summed E-state index contributed by atoms with van der Waals surface area (Å²) in [6.45, 7) is 5.92. The van der Waals surface area contributed by atoms with Gasteiger partial charge < -0.3 is 0 Å². The van der Waals surface area contributed by atoms with Gasteiger partial charge in [-0.1, -0.05) is 20.8 Å². The lowest BCUT2D eigenvalue weighted by atomic mass is 9.99. The van der Waals surface area contributed by atoms with Crippen LogP contribution in [0.5, 0.6) is 0 Å². The van der Waals surface area contributed by atoms with E-state index < -0.39 is 30.6 Å². The fourth-order valence-corrected chi connectivity index (χ4v) is 3.44. The Kier molecular flexibility index (Phi) is 5.51. The molecule has 0 saturated carbocycles. The summed E-state index contributed by atoms with van der Waals surface area (Å²) >= 11 is 0. The molecule has 0 saturated heterocycles. The number of sulfone groups is 1. The lowest BCUT2D eigenvalue weighted by molar-refractivity contribution is 0.414. The zero-order chi connectivity index (χ0) is 16.4. The highest BCUT2D eigenvalue weighted by Crippen LogP contribution is 2.20. The summed E-state index contributed by atoms with van der Waals surface area (Å²) in [5.74, 6) is -0.645. The van der Waals surface area contributed by atoms with Crippen LogP contribution in [0.15, 0.2) is 28.0 Å². The summed E-state index contributed by atoms with van der Waals surface area (Å²) in [6, 6.07) is 2.73. The molecule has 0 aromatic heterocycles. The first-order valence-electron chi connectivity index (χ1n) is 6.44. The molecule has 1 N–H and O–H groups in total. The molecule has 1 rings (SSSR count). The maximum atomic E-state index is 13.7. The lowest BCUT2D eigenvalue weighted by Crippen LogP contribution is -2.31. The molecular formula is C13H20FNO4S2. The number of hydrogen-bond acceptors (Lipinski definition) is 4. The highest BCUT2D eigenvalue weighted by atomic mass is 32.2. The summed E-state index contributed by atoms with van der Waals surface area (Å²) in [7, 11) is -7.70. The van der Waals surface area contributed by atoms with Crippen molar-refractivity contribution in [1.29, 1.82) is 0 Å². The number of sulfonamides is 1. The molecule has 0 aliphatic carbocycles. The molecule has 0 bridgehead atoms. The van der Waals surface area contributed by atoms with E-state index in [1.165, 1.54) is 0 Å². The third kappa shape index (κ3) is 4.76. The van der Waals surface area contributed by atoms with E-state index in [2.05, 4.69) is 4.72 Å². The van der Waals surface area contributed by atoms with E-state index in [1.807, 2.05) is 20.8 Å². The van der Waals surface area contributed by atoms with Gasteiger partial charge in [0, 0.05) is 12.8 Å². The molecule has 0 fully saturated rings. The summed E-state index contributed by atoms with van der Waals surface area (Å²) in [5.41, 5.74) is 0. The monoisotopic (exact) mass is 337 g/mol. The Morgan fingerprint density at radius 2 is 1.71 bits per heavy atom. The van der Waals surface area contributed by atoms with Crippen molar-refractivity contribution in [2.45, 2.75) is 30.6 Å². The number of hydrogen-bond donors (Lipinski definition) is 1. The van der Waals surface area contributed by atoms with Crippen LogP contribution >= 0.6 is 0 Å². The predicted octanol–water partition coefficient (Wildman–Crippen LogP) is 1.80. The summed E-state index contributed by atoms with van der Waals surface area (Å²) in [5, 5.41) is 0. The number of halogens is 1. The van der Waals surface area contributed by atoms with Gasteiger partial charge in [0.25, 0.3) is 0 Å². The van der Waals surface area contributed by atoms with Gasteiger partial charge in [-0.3, -0.25) is 0 Å². The topological polar surface area (TPSA) is 80.3 Å². The van der Waals surface area contributed by atoms with Crippen molar-refractivity contribution >= 4 is 19.9 Å². The number of nitrogens with one attached hydrogen (secondary N) is 1. The Hall–Kier alpha value is -0.990. The molecule has 0 radical (unpaired) electrons. The van der Waals surface area contributed by atoms with Crippen LogP contribution in [0, 0.1) is 17.7 Å². The predicted molar refractivity (Wildman–Crippen MR) is 78.7 cm³/mol. The van der Waals surface area contributed by atoms with Gasteiger partial charge in [-0.15, -0.1) is 0 Å². The van der Waals surface area contributed by atoms with Gasteiger partial charge >= 0.3 is 0 Å². The average molecular weight is 337 g/mol. The van der Waals surface area contributed by atoms with Crippen molar-refractivity contribution in [1.82, 2.24) is 4.72 Å². The van der Waals surface area contributed by atoms with Crippen LogP contribution < -0.4 is 4.72 Å². The van der Waals surface area contributed by atoms with Crippen LogP contribution in [0.4, 0.5) is 4.39 Å². The van der Waals surface area contributed by atoms with Crippen LogP contribution in [0.25, 0.3) is 0 Å². The maximum absolute atomic E-state index is 13.7. The standard InChI is InChI=1S/C13H20FNO4S2/c1-9(2)10(3)8-15-21(18,19)13-7-11(20(4,16)17)5-6-12(13)14/h5-7,9-10,15H,8H2,1-4H3. The van der Waals surface area contributed by atoms with Gasteiger partial charge in [0.15, 0.2) is 9.84 Å². The molecule has 1 aromatic carbocycles. The van der Waals surface area contributed by atoms with Crippen molar-refractivity contribution in [3.05, 3.63) is 24.0 Å². The summed E-state index contributed by atoms with van der Waals surface area (Å²) < 4.78 is 63.1. The van der Waals surface area contributed by atoms with Gasteiger partial charge in [-0.25, -0.2) is 25.9 Å². The van der Waals surface area contributed by atoms with E-state index in [1.54, 1.807) is 0 Å². The molecule has 5 nitrogen and oxygen atoms in total. The van der Waals surface area contributed by atoms with Crippen LogP contribution in [-0.4, -0.2) is 29.6 Å². The Morgan fingerprint density at radius 1 is 1.14 bits per heavy atom. The Labute approximate surface area is 125 Å². The van der Waals surface area contributed by atoms with Gasteiger partial charge in [0.2, 0.25) is 10.0 Å². The molecule has 0 aliphatic heterocycles. The van der Waals surface area contributed by atoms with Crippen LogP contribution in [0.3, 0.4) is 0 Å². The normalized spacial score (nSPS) is 14.4. The number of benzene rings is 1. The van der Waals surface area contributed by atoms with E-state index in [0.29, 0.717) is 0 Å². The zero-order valence-corrected chi connectivity index (χ0v) is 14.1. The first-order chi connectivity index (χ1) is 9.45. The minimum atomic E-state index is -4.09. The van der Waals surface area contributed by atoms with E-state index in [4.69, 9.17) is 0 Å². The Morgan fingerprint density at radius 3 is 2.19 bits per heavy atom. The van der Waals surface area contributed by atoms with Gasteiger partial charge in [-0.05, 0) is 30.0 Å². The molecule has 8 heteroatoms. The Bertz CT molecular complexity index is 712. The molecule has 0 spiro atoms. The molecule has 0 amide bonds. The quantitative estimate of drug-likeness (QED) is 0.803. The minimum Gasteiger partial charge on any atom is -0.224 e. The second-order valence-electron chi connectivity index (χ2n) is 5.44. The molecule has 1 unspecified atom stereocenters. The summed E-state index contributed by atoms with van der Waals surface area (Å²) in [6.07, 6.45) is 0.935. The van der Waals surface area contributed by atoms with Crippen molar-refractivity contribution in [2.24, 2.45) is 11.8 Å². The van der Waals surface area contributed by atoms with E-state index in [9.17, 15) is 21.2 Å². The smallest absolute Gasteiger partial charge is 0.224 e. The first kappa shape index (κ1) is 18.1. The van der Waals surface area contributed by atoms with E-state index in [-0.39, 0.29) is 23.3 Å². The van der Waals surface area contributed by atoms with Gasteiger partial charge in [-0.2, -0.15) is 0 Å². The third-order valence-corrected chi connectivity index (χ3v) is 5.90. The summed E-state index contributed by atoms with van der Waals surface area (Å²) in [4.78, 5) is -0.887. The molecule has 0 heterocycles. The maximum Gasteiger partial charge on any atom is 0.243 e. The Balaban J connectivity index is 3.14. The van der Waals surface area contributed by atoms with Crippen molar-refractivity contribution in [2.75, 3.05) is 12.8 Å². The molecular weight excluding hydrogens is 317 g/mol. The van der Waals surface area contributed by atoms with Crippen LogP contribution in [-0.2, 0) is 19.9 Å². The highest BCUT2D eigenvalue weighted by molar-refractivity contribution is 7.91. The molecule has 21 heavy (non-hydrogen) atoms. The minimum absolute atomic E-state index is 0.0703. The molecule has 120 valence electrons. The van der Waals surface area contributed by atoms with Crippen LogP contribution in [0.1, 0.15) is 20.8 Å². The number of rotatable bonds is 6. The second-order valence-corrected chi connectivity index (χ2v) is 9.19. The van der Waals surface area contributed by atoms with Gasteiger partial charge in [0.1, 0.15) is 10.7 Å². The SMILES string of the molecule is CC(C)C(C)CNS(=O)(=O)c1cc(S(C)(=O)=O)ccc1F. The van der Waals surface area contributed by atoms with Crippen molar-refractivity contribution < 1.29 is 21.2 Å². The van der Waals surface area contributed by atoms with Crippen molar-refractivity contribution in [3.63, 3.8) is 0 Å². The van der Waals surface area contributed by atoms with E-state index in [0.717, 1.165) is 24.5 Å². The highest BCUT2D eigenvalue weighted by Gasteiger charge is 2.22. The van der Waals surface area contributed by atoms with Crippen molar-refractivity contribution in [3.8, 4) is 0 Å². The molecule has 0 aliphatic rings. The third-order valence-electron chi connectivity index (χ3n) is 3.35. The molecule has 1 aromatic rings. The van der Waals surface area contributed by atoms with Gasteiger partial charge in [0.05, 0.1) is 4.90 Å². The fraction of sp³-hybridized carbons (Fsp3) is 0.538.